The van der Waals surface area contributed by atoms with E-state index in [0.717, 1.165) is 6.20 Å². The summed E-state index contributed by atoms with van der Waals surface area (Å²) in [6.45, 7) is 1.31. The van der Waals surface area contributed by atoms with Gasteiger partial charge in [0.25, 0.3) is 11.4 Å². The van der Waals surface area contributed by atoms with Crippen LogP contribution in [0.2, 0.25) is 0 Å². The molecule has 0 bridgehead atoms. The summed E-state index contributed by atoms with van der Waals surface area (Å²) in [5.41, 5.74) is -4.57. The van der Waals surface area contributed by atoms with Crippen LogP contribution >= 0.6 is 0 Å². The fraction of sp³-hybridized carbons (Fsp3) is 0.600. The molecule has 0 spiro atoms. The number of rotatable bonds is 2. The SMILES string of the molecule is [B]C([B])(O)[C@@]1(F)O[C@@]([B])(n2cc(C)c(=O)[nH]c2=O)[C@H](O)[C@@H]1O. The maximum Gasteiger partial charge on any atom is 0.330 e. The van der Waals surface area contributed by atoms with Gasteiger partial charge in [-0.2, -0.15) is 0 Å². The largest absolute Gasteiger partial charge is 0.403 e. The molecule has 2 heterocycles. The van der Waals surface area contributed by atoms with Gasteiger partial charge in [-0.05, 0) is 6.92 Å². The number of H-pyrrole nitrogens is 1. The monoisotopic (exact) mass is 306 g/mol. The van der Waals surface area contributed by atoms with Gasteiger partial charge in [-0.1, -0.05) is 0 Å². The van der Waals surface area contributed by atoms with E-state index in [0.29, 0.717) is 4.57 Å². The van der Waals surface area contributed by atoms with Crippen LogP contribution in [0.5, 0.6) is 0 Å². The van der Waals surface area contributed by atoms with Crippen molar-refractivity contribution in [2.24, 2.45) is 0 Å². The molecule has 1 aromatic rings. The van der Waals surface area contributed by atoms with E-state index in [2.05, 4.69) is 4.74 Å². The molecule has 0 saturated carbocycles. The van der Waals surface area contributed by atoms with E-state index in [1.807, 2.05) is 4.98 Å². The number of nitrogens with one attached hydrogen (secondary N) is 1. The van der Waals surface area contributed by atoms with Crippen LogP contribution in [-0.4, -0.2) is 71.9 Å². The Labute approximate surface area is 127 Å². The molecule has 1 aliphatic rings. The molecule has 0 amide bonds. The molecule has 0 aliphatic carbocycles. The summed E-state index contributed by atoms with van der Waals surface area (Å²) >= 11 is 0. The smallest absolute Gasteiger partial charge is 0.330 e. The van der Waals surface area contributed by atoms with E-state index in [1.54, 1.807) is 0 Å². The summed E-state index contributed by atoms with van der Waals surface area (Å²) in [5, 5.41) is 25.8. The fourth-order valence-electron chi connectivity index (χ4n) is 2.12. The van der Waals surface area contributed by atoms with Crippen LogP contribution in [0, 0.1) is 6.92 Å². The quantitative estimate of drug-likeness (QED) is 0.413. The second-order valence-corrected chi connectivity index (χ2v) is 5.16. The molecule has 4 N–H and O–H groups in total. The zero-order valence-electron chi connectivity index (χ0n) is 11.4. The summed E-state index contributed by atoms with van der Waals surface area (Å²) < 4.78 is 19.6. The lowest BCUT2D eigenvalue weighted by Crippen LogP contribution is -2.59. The maximum atomic E-state index is 14.6. The minimum Gasteiger partial charge on any atom is -0.403 e. The first-order valence-corrected chi connectivity index (χ1v) is 6.02. The molecule has 112 valence electrons. The normalized spacial score (nSPS) is 35.7. The second kappa shape index (κ2) is 4.82. The zero-order chi connectivity index (χ0) is 17.1. The molecule has 0 aromatic carbocycles. The molecular formula is C10H10B3FN2O6. The number of aliphatic hydroxyl groups is 3. The van der Waals surface area contributed by atoms with Crippen LogP contribution in [0.1, 0.15) is 5.56 Å². The Kier molecular flexibility index (Phi) is 3.73. The lowest BCUT2D eigenvalue weighted by Gasteiger charge is -2.37. The first-order chi connectivity index (χ1) is 9.84. The molecule has 0 unspecified atom stereocenters. The topological polar surface area (TPSA) is 125 Å². The van der Waals surface area contributed by atoms with Crippen LogP contribution in [0.4, 0.5) is 4.39 Å². The molecule has 1 aliphatic heterocycles. The number of hydrogen-bond donors (Lipinski definition) is 4. The third-order valence-corrected chi connectivity index (χ3v) is 3.46. The highest BCUT2D eigenvalue weighted by Crippen LogP contribution is 2.44. The van der Waals surface area contributed by atoms with Gasteiger partial charge in [0.15, 0.2) is 0 Å². The summed E-state index contributed by atoms with van der Waals surface area (Å²) in [6, 6.07) is 0. The minimum absolute atomic E-state index is 0.0122. The molecule has 12 heteroatoms. The number of nitrogens with zero attached hydrogens (tertiary/aromatic N) is 1. The molecule has 4 atom stereocenters. The van der Waals surface area contributed by atoms with Crippen LogP contribution < -0.4 is 11.2 Å². The summed E-state index contributed by atoms with van der Waals surface area (Å²) in [5.74, 6) is -3.58. The Balaban J connectivity index is 2.64. The van der Waals surface area contributed by atoms with Gasteiger partial charge in [0.05, 0.1) is 0 Å². The van der Waals surface area contributed by atoms with Crippen molar-refractivity contribution in [1.82, 2.24) is 9.55 Å². The van der Waals surface area contributed by atoms with Gasteiger partial charge in [0, 0.05) is 17.2 Å². The molecule has 22 heavy (non-hydrogen) atoms. The molecule has 6 radical (unpaired) electrons. The van der Waals surface area contributed by atoms with E-state index in [-0.39, 0.29) is 5.56 Å². The Morgan fingerprint density at radius 3 is 2.41 bits per heavy atom. The highest BCUT2D eigenvalue weighted by Gasteiger charge is 2.66. The van der Waals surface area contributed by atoms with Gasteiger partial charge in [0.2, 0.25) is 0 Å². The van der Waals surface area contributed by atoms with Gasteiger partial charge in [-0.15, -0.1) is 0 Å². The Bertz CT molecular complexity index is 718. The number of alkyl halides is 1. The fourth-order valence-corrected chi connectivity index (χ4v) is 2.12. The van der Waals surface area contributed by atoms with Crippen LogP contribution in [-0.2, 0) is 10.4 Å². The predicted molar refractivity (Wildman–Crippen MR) is 73.2 cm³/mol. The van der Waals surface area contributed by atoms with Gasteiger partial charge < -0.3 is 20.1 Å². The van der Waals surface area contributed by atoms with Gasteiger partial charge in [0.1, 0.15) is 41.4 Å². The van der Waals surface area contributed by atoms with Crippen molar-refractivity contribution in [2.45, 2.75) is 36.0 Å². The first-order valence-electron chi connectivity index (χ1n) is 6.02. The predicted octanol–water partition coefficient (Wildman–Crippen LogP) is -3.98. The van der Waals surface area contributed by atoms with Crippen molar-refractivity contribution >= 4 is 23.5 Å². The van der Waals surface area contributed by atoms with Crippen molar-refractivity contribution in [1.29, 1.82) is 0 Å². The van der Waals surface area contributed by atoms with Crippen molar-refractivity contribution in [3.8, 4) is 0 Å². The maximum absolute atomic E-state index is 14.6. The van der Waals surface area contributed by atoms with Gasteiger partial charge in [-0.25, -0.2) is 9.18 Å². The number of ether oxygens (including phenoxy) is 1. The van der Waals surface area contributed by atoms with E-state index in [1.165, 1.54) is 6.92 Å². The van der Waals surface area contributed by atoms with E-state index < -0.39 is 40.3 Å². The lowest BCUT2D eigenvalue weighted by atomic mass is 9.59. The van der Waals surface area contributed by atoms with Gasteiger partial charge >= 0.3 is 5.69 Å². The van der Waals surface area contributed by atoms with Crippen LogP contribution in [0.15, 0.2) is 15.8 Å². The third-order valence-electron chi connectivity index (χ3n) is 3.46. The standard InChI is InChI=1S/C10H10B3FN2O6/c1-3-2-16(7(20)15-6(3)19)9(11)5(18)4(17)8(14,22-9)10(12,13)21/h2,4-5,17-18,21H,1H3,(H,15,19,20)/t4-,5+,8-,9-/m0/s1. The Morgan fingerprint density at radius 1 is 1.41 bits per heavy atom. The average Bonchev–Trinajstić information content (AvgIpc) is 2.56. The molecule has 8 nitrogen and oxygen atoms in total. The second-order valence-electron chi connectivity index (χ2n) is 5.16. The third kappa shape index (κ3) is 2.18. The average molecular weight is 306 g/mol. The zero-order valence-corrected chi connectivity index (χ0v) is 11.4. The van der Waals surface area contributed by atoms with Crippen LogP contribution in [0.3, 0.4) is 0 Å². The minimum atomic E-state index is -3.58. The Hall–Kier alpha value is -1.36. The molecule has 2 rings (SSSR count). The van der Waals surface area contributed by atoms with Crippen molar-refractivity contribution in [3.05, 3.63) is 32.6 Å². The Morgan fingerprint density at radius 2 is 1.95 bits per heavy atom. The van der Waals surface area contributed by atoms with E-state index >= 15 is 0 Å². The number of aryl methyl sites for hydroxylation is 1. The first kappa shape index (κ1) is 17.0. The van der Waals surface area contributed by atoms with Crippen molar-refractivity contribution < 1.29 is 24.4 Å². The number of aromatic nitrogens is 2. The van der Waals surface area contributed by atoms with Crippen molar-refractivity contribution in [3.63, 3.8) is 0 Å². The number of hydrogen-bond acceptors (Lipinski definition) is 6. The molecular weight excluding hydrogens is 296 g/mol. The van der Waals surface area contributed by atoms with E-state index in [9.17, 15) is 29.3 Å². The highest BCUT2D eigenvalue weighted by molar-refractivity contribution is 6.39. The van der Waals surface area contributed by atoms with Crippen LogP contribution in [0.25, 0.3) is 0 Å². The van der Waals surface area contributed by atoms with Crippen molar-refractivity contribution in [2.75, 3.05) is 0 Å². The summed E-state index contributed by atoms with van der Waals surface area (Å²) in [7, 11) is 15.6. The number of aromatic amines is 1. The number of halogens is 1. The molecule has 1 fully saturated rings. The van der Waals surface area contributed by atoms with E-state index in [4.69, 9.17) is 23.5 Å². The number of aliphatic hydroxyl groups excluding tert-OH is 2. The molecule has 1 aromatic heterocycles. The lowest BCUT2D eigenvalue weighted by molar-refractivity contribution is -0.243. The summed E-state index contributed by atoms with van der Waals surface area (Å²) in [4.78, 5) is 25.0. The van der Waals surface area contributed by atoms with Gasteiger partial charge in [-0.3, -0.25) is 14.3 Å². The molecule has 1 saturated heterocycles. The summed E-state index contributed by atoms with van der Waals surface area (Å²) in [6.07, 6.45) is -3.83. The highest BCUT2D eigenvalue weighted by atomic mass is 19.2.